The van der Waals surface area contributed by atoms with Crippen molar-refractivity contribution < 1.29 is 24.3 Å². The predicted molar refractivity (Wildman–Crippen MR) is 114 cm³/mol. The second kappa shape index (κ2) is 9.49. The Balaban J connectivity index is 1.67. The van der Waals surface area contributed by atoms with Crippen LogP contribution in [0, 0.1) is 11.3 Å². The third-order valence-electron chi connectivity index (χ3n) is 5.16. The highest BCUT2D eigenvalue weighted by atomic mass is 16.5. The van der Waals surface area contributed by atoms with Crippen molar-refractivity contribution in [3.63, 3.8) is 0 Å². The van der Waals surface area contributed by atoms with Crippen molar-refractivity contribution in [3.8, 4) is 22.9 Å². The molecule has 1 aliphatic rings. The van der Waals surface area contributed by atoms with Crippen molar-refractivity contribution in [1.29, 1.82) is 5.26 Å². The maximum absolute atomic E-state index is 12.4. The van der Waals surface area contributed by atoms with Crippen molar-refractivity contribution in [3.05, 3.63) is 54.1 Å². The first-order valence-electron chi connectivity index (χ1n) is 10.0. The predicted octanol–water partition coefficient (Wildman–Crippen LogP) is 2.35. The fourth-order valence-corrected chi connectivity index (χ4v) is 3.38. The number of nitriles is 1. The molecule has 9 nitrogen and oxygen atoms in total. The quantitative estimate of drug-likeness (QED) is 0.269. The van der Waals surface area contributed by atoms with E-state index in [2.05, 4.69) is 11.4 Å². The number of urea groups is 1. The number of imide groups is 1. The van der Waals surface area contributed by atoms with E-state index < -0.39 is 23.5 Å². The molecule has 3 rings (SSSR count). The molecule has 9 heteroatoms. The van der Waals surface area contributed by atoms with Crippen LogP contribution in [0.5, 0.6) is 5.75 Å². The first-order valence-corrected chi connectivity index (χ1v) is 10.0. The molecule has 2 aromatic rings. The largest absolute Gasteiger partial charge is 0.491 e. The minimum atomic E-state index is -1.05. The van der Waals surface area contributed by atoms with Crippen molar-refractivity contribution in [2.75, 3.05) is 13.2 Å². The molecule has 0 saturated carbocycles. The van der Waals surface area contributed by atoms with E-state index in [4.69, 9.17) is 10.00 Å². The number of nitrogens with one attached hydrogen (secondary N) is 1. The molecule has 4 amide bonds. The van der Waals surface area contributed by atoms with Gasteiger partial charge in [0.05, 0.1) is 19.0 Å². The summed E-state index contributed by atoms with van der Waals surface area (Å²) in [6.07, 6.45) is 0.536. The SMILES string of the molecule is CC1(C)NC(=O)N(CC(COc2ccc(-c3cccc(CC#N)c3)cc2)N(O)C=O)C1=O. The van der Waals surface area contributed by atoms with Gasteiger partial charge in [0.15, 0.2) is 0 Å². The van der Waals surface area contributed by atoms with Gasteiger partial charge >= 0.3 is 6.03 Å². The lowest BCUT2D eigenvalue weighted by Gasteiger charge is -2.26. The van der Waals surface area contributed by atoms with Crippen LogP contribution in [0.15, 0.2) is 48.5 Å². The Bertz CT molecular complexity index is 1050. The van der Waals surface area contributed by atoms with Gasteiger partial charge in [-0.3, -0.25) is 19.7 Å². The van der Waals surface area contributed by atoms with Crippen LogP contribution in [0.3, 0.4) is 0 Å². The van der Waals surface area contributed by atoms with Gasteiger partial charge in [-0.05, 0) is 42.7 Å². The smallest absolute Gasteiger partial charge is 0.325 e. The number of ether oxygens (including phenoxy) is 1. The zero-order valence-electron chi connectivity index (χ0n) is 17.8. The minimum Gasteiger partial charge on any atom is -0.491 e. The van der Waals surface area contributed by atoms with Gasteiger partial charge in [-0.25, -0.2) is 9.86 Å². The lowest BCUT2D eigenvalue weighted by molar-refractivity contribution is -0.165. The number of carbonyl (C=O) groups excluding carboxylic acids is 3. The molecule has 2 N–H and O–H groups in total. The fourth-order valence-electron chi connectivity index (χ4n) is 3.38. The van der Waals surface area contributed by atoms with E-state index in [0.29, 0.717) is 17.2 Å². The molecular weight excluding hydrogens is 412 g/mol. The summed E-state index contributed by atoms with van der Waals surface area (Å²) in [5, 5.41) is 21.7. The Morgan fingerprint density at radius 3 is 2.53 bits per heavy atom. The number of amides is 4. The van der Waals surface area contributed by atoms with Crippen molar-refractivity contribution in [2.24, 2.45) is 0 Å². The first-order chi connectivity index (χ1) is 15.2. The average Bonchev–Trinajstić information content (AvgIpc) is 2.97. The Hall–Kier alpha value is -3.90. The van der Waals surface area contributed by atoms with Gasteiger partial charge in [0.25, 0.3) is 5.91 Å². The molecule has 1 fully saturated rings. The van der Waals surface area contributed by atoms with Crippen LogP contribution in [0.2, 0.25) is 0 Å². The van der Waals surface area contributed by atoms with E-state index in [0.717, 1.165) is 21.6 Å². The Morgan fingerprint density at radius 2 is 1.94 bits per heavy atom. The van der Waals surface area contributed by atoms with Crippen LogP contribution in [-0.4, -0.2) is 58.3 Å². The maximum Gasteiger partial charge on any atom is 0.325 e. The molecule has 1 atom stereocenters. The monoisotopic (exact) mass is 436 g/mol. The summed E-state index contributed by atoms with van der Waals surface area (Å²) in [7, 11) is 0. The molecule has 2 aromatic carbocycles. The number of hydroxylamine groups is 2. The lowest BCUT2D eigenvalue weighted by atomic mass is 10.0. The molecule has 1 saturated heterocycles. The second-order valence-corrected chi connectivity index (χ2v) is 7.98. The van der Waals surface area contributed by atoms with E-state index in [1.54, 1.807) is 26.0 Å². The van der Waals surface area contributed by atoms with Gasteiger partial charge in [-0.15, -0.1) is 0 Å². The zero-order chi connectivity index (χ0) is 23.3. The zero-order valence-corrected chi connectivity index (χ0v) is 17.8. The summed E-state index contributed by atoms with van der Waals surface area (Å²) in [5.41, 5.74) is 1.77. The third kappa shape index (κ3) is 5.04. The molecule has 0 spiro atoms. The fraction of sp³-hybridized carbons (Fsp3) is 0.304. The van der Waals surface area contributed by atoms with Gasteiger partial charge in [-0.2, -0.15) is 5.26 Å². The molecule has 0 radical (unpaired) electrons. The van der Waals surface area contributed by atoms with Gasteiger partial charge in [0.1, 0.15) is 23.9 Å². The van der Waals surface area contributed by atoms with Crippen LogP contribution in [0.25, 0.3) is 11.1 Å². The normalized spacial score (nSPS) is 15.6. The number of hydrogen-bond donors (Lipinski definition) is 2. The van der Waals surface area contributed by atoms with E-state index >= 15 is 0 Å². The topological polar surface area (TPSA) is 123 Å². The molecule has 0 bridgehead atoms. The van der Waals surface area contributed by atoms with Crippen molar-refractivity contribution in [1.82, 2.24) is 15.3 Å². The van der Waals surface area contributed by atoms with Crippen molar-refractivity contribution >= 4 is 18.3 Å². The molecule has 0 aliphatic carbocycles. The minimum absolute atomic E-state index is 0.135. The van der Waals surface area contributed by atoms with E-state index in [9.17, 15) is 19.6 Å². The van der Waals surface area contributed by atoms with Gasteiger partial charge in [0.2, 0.25) is 6.41 Å². The number of nitrogens with zero attached hydrogens (tertiary/aromatic N) is 3. The average molecular weight is 436 g/mol. The Labute approximate surface area is 185 Å². The molecule has 0 aromatic heterocycles. The highest BCUT2D eigenvalue weighted by Gasteiger charge is 2.45. The van der Waals surface area contributed by atoms with Crippen LogP contribution < -0.4 is 10.1 Å². The highest BCUT2D eigenvalue weighted by Crippen LogP contribution is 2.24. The molecule has 1 aliphatic heterocycles. The molecule has 1 unspecified atom stereocenters. The van der Waals surface area contributed by atoms with Gasteiger partial charge < -0.3 is 10.1 Å². The third-order valence-corrected chi connectivity index (χ3v) is 5.16. The summed E-state index contributed by atoms with van der Waals surface area (Å²) < 4.78 is 5.70. The number of carbonyl (C=O) groups is 3. The van der Waals surface area contributed by atoms with E-state index in [-0.39, 0.29) is 19.6 Å². The molecule has 166 valence electrons. The summed E-state index contributed by atoms with van der Waals surface area (Å²) in [6, 6.07) is 15.5. The summed E-state index contributed by atoms with van der Waals surface area (Å²) in [5.74, 6) is 0.0403. The van der Waals surface area contributed by atoms with Crippen LogP contribution >= 0.6 is 0 Å². The maximum atomic E-state index is 12.4. The summed E-state index contributed by atoms with van der Waals surface area (Å²) in [6.45, 7) is 2.80. The second-order valence-electron chi connectivity index (χ2n) is 7.98. The van der Waals surface area contributed by atoms with E-state index in [1.807, 2.05) is 36.4 Å². The number of rotatable bonds is 9. The van der Waals surface area contributed by atoms with Crippen LogP contribution in [-0.2, 0) is 16.0 Å². The van der Waals surface area contributed by atoms with Gasteiger partial charge in [0, 0.05) is 0 Å². The van der Waals surface area contributed by atoms with Gasteiger partial charge in [-0.1, -0.05) is 36.4 Å². The Kier molecular flexibility index (Phi) is 6.76. The first kappa shape index (κ1) is 22.8. The van der Waals surface area contributed by atoms with Crippen LogP contribution in [0.1, 0.15) is 19.4 Å². The standard InChI is InChI=1S/C23H24N4O5/c1-23(2)21(29)26(22(30)25-23)13-19(27(31)15-28)14-32-20-8-6-17(7-9-20)18-5-3-4-16(12-18)10-11-24/h3-9,12,15,19,31H,10,13-14H2,1-2H3,(H,25,30). The Morgan fingerprint density at radius 1 is 1.22 bits per heavy atom. The number of hydrogen-bond acceptors (Lipinski definition) is 6. The molecular formula is C23H24N4O5. The highest BCUT2D eigenvalue weighted by molar-refractivity contribution is 6.06. The summed E-state index contributed by atoms with van der Waals surface area (Å²) in [4.78, 5) is 36.5. The molecule has 1 heterocycles. The number of benzene rings is 2. The summed E-state index contributed by atoms with van der Waals surface area (Å²) >= 11 is 0. The van der Waals surface area contributed by atoms with Crippen LogP contribution in [0.4, 0.5) is 4.79 Å². The van der Waals surface area contributed by atoms with E-state index in [1.165, 1.54) is 0 Å². The lowest BCUT2D eigenvalue weighted by Crippen LogP contribution is -2.48. The van der Waals surface area contributed by atoms with Crippen molar-refractivity contribution in [2.45, 2.75) is 31.8 Å². The molecule has 32 heavy (non-hydrogen) atoms.